The fourth-order valence-electron chi connectivity index (χ4n) is 2.68. The predicted octanol–water partition coefficient (Wildman–Crippen LogP) is 3.18. The Balaban J connectivity index is 2.06. The molecule has 0 radical (unpaired) electrons. The quantitative estimate of drug-likeness (QED) is 0.867. The fraction of sp³-hybridized carbons (Fsp3) is 0.600. The van der Waals surface area contributed by atoms with E-state index in [1.807, 2.05) is 25.1 Å². The monoisotopic (exact) mass is 234 g/mol. The van der Waals surface area contributed by atoms with E-state index in [4.69, 9.17) is 4.74 Å². The first-order chi connectivity index (χ1) is 8.31. The van der Waals surface area contributed by atoms with Gasteiger partial charge in [-0.1, -0.05) is 31.0 Å². The van der Waals surface area contributed by atoms with Crippen molar-refractivity contribution in [1.82, 2.24) is 0 Å². The van der Waals surface area contributed by atoms with Gasteiger partial charge in [0.05, 0.1) is 12.7 Å². The Bertz CT molecular complexity index is 349. The van der Waals surface area contributed by atoms with Crippen LogP contribution < -0.4 is 4.74 Å². The summed E-state index contributed by atoms with van der Waals surface area (Å²) in [6.45, 7) is 2.70. The molecule has 0 saturated heterocycles. The molecule has 2 atom stereocenters. The summed E-state index contributed by atoms with van der Waals surface area (Å²) in [6.07, 6.45) is 5.34. The first-order valence-corrected chi connectivity index (χ1v) is 6.70. The summed E-state index contributed by atoms with van der Waals surface area (Å²) in [6, 6.07) is 8.19. The Morgan fingerprint density at radius 1 is 1.24 bits per heavy atom. The molecule has 0 amide bonds. The fourth-order valence-corrected chi connectivity index (χ4v) is 2.68. The molecule has 0 heterocycles. The van der Waals surface area contributed by atoms with Crippen LogP contribution in [0.3, 0.4) is 0 Å². The molecule has 94 valence electrons. The standard InChI is InChI=1S/C15H22O2/c1-2-17-15-10-6-4-8-13(15)11-12-7-3-5-9-14(12)16/h4,6,8,10,12,14,16H,2-3,5,7,9,11H2,1H3. The van der Waals surface area contributed by atoms with Crippen LogP contribution in [-0.4, -0.2) is 17.8 Å². The Kier molecular flexibility index (Phi) is 4.43. The maximum absolute atomic E-state index is 10.0. The van der Waals surface area contributed by atoms with Gasteiger partial charge in [-0.2, -0.15) is 0 Å². The maximum atomic E-state index is 10.0. The van der Waals surface area contributed by atoms with Gasteiger partial charge in [-0.15, -0.1) is 0 Å². The van der Waals surface area contributed by atoms with Gasteiger partial charge < -0.3 is 9.84 Å². The molecule has 2 heteroatoms. The second kappa shape index (κ2) is 6.06. The zero-order chi connectivity index (χ0) is 12.1. The molecule has 1 aliphatic rings. The number of aliphatic hydroxyl groups excluding tert-OH is 1. The number of hydrogen-bond donors (Lipinski definition) is 1. The number of rotatable bonds is 4. The van der Waals surface area contributed by atoms with E-state index in [0.29, 0.717) is 12.5 Å². The minimum absolute atomic E-state index is 0.126. The van der Waals surface area contributed by atoms with Gasteiger partial charge in [-0.05, 0) is 43.7 Å². The van der Waals surface area contributed by atoms with Crippen LogP contribution in [0.2, 0.25) is 0 Å². The predicted molar refractivity (Wildman–Crippen MR) is 69.3 cm³/mol. The van der Waals surface area contributed by atoms with Crippen molar-refractivity contribution in [3.05, 3.63) is 29.8 Å². The normalized spacial score (nSPS) is 24.6. The van der Waals surface area contributed by atoms with Crippen molar-refractivity contribution in [2.75, 3.05) is 6.61 Å². The van der Waals surface area contributed by atoms with Crippen LogP contribution in [0.15, 0.2) is 24.3 Å². The minimum atomic E-state index is -0.126. The van der Waals surface area contributed by atoms with E-state index in [1.165, 1.54) is 18.4 Å². The van der Waals surface area contributed by atoms with Crippen LogP contribution in [-0.2, 0) is 6.42 Å². The van der Waals surface area contributed by atoms with Gasteiger partial charge in [0.1, 0.15) is 5.75 Å². The molecule has 0 spiro atoms. The third-order valence-corrected chi connectivity index (χ3v) is 3.62. The number of aliphatic hydroxyl groups is 1. The van der Waals surface area contributed by atoms with Crippen LogP contribution >= 0.6 is 0 Å². The van der Waals surface area contributed by atoms with Crippen molar-refractivity contribution in [3.8, 4) is 5.75 Å². The average molecular weight is 234 g/mol. The summed E-state index contributed by atoms with van der Waals surface area (Å²) in [5.74, 6) is 1.39. The number of ether oxygens (including phenoxy) is 1. The van der Waals surface area contributed by atoms with E-state index >= 15 is 0 Å². The number of hydrogen-bond acceptors (Lipinski definition) is 2. The highest BCUT2D eigenvalue weighted by Gasteiger charge is 2.23. The van der Waals surface area contributed by atoms with Crippen molar-refractivity contribution in [2.45, 2.75) is 45.1 Å². The third-order valence-electron chi connectivity index (χ3n) is 3.62. The highest BCUT2D eigenvalue weighted by atomic mass is 16.5. The summed E-state index contributed by atoms with van der Waals surface area (Å²) < 4.78 is 5.63. The van der Waals surface area contributed by atoms with Crippen LogP contribution in [0.5, 0.6) is 5.75 Å². The van der Waals surface area contributed by atoms with Gasteiger partial charge in [0, 0.05) is 0 Å². The first-order valence-electron chi connectivity index (χ1n) is 6.70. The molecule has 1 aromatic carbocycles. The van der Waals surface area contributed by atoms with Gasteiger partial charge in [0.25, 0.3) is 0 Å². The molecule has 1 saturated carbocycles. The van der Waals surface area contributed by atoms with Gasteiger partial charge in [0.2, 0.25) is 0 Å². The zero-order valence-corrected chi connectivity index (χ0v) is 10.6. The Morgan fingerprint density at radius 2 is 2.00 bits per heavy atom. The van der Waals surface area contributed by atoms with Crippen LogP contribution in [0.4, 0.5) is 0 Å². The van der Waals surface area contributed by atoms with E-state index in [-0.39, 0.29) is 6.10 Å². The van der Waals surface area contributed by atoms with Gasteiger partial charge in [-0.25, -0.2) is 0 Å². The highest BCUT2D eigenvalue weighted by molar-refractivity contribution is 5.33. The summed E-state index contributed by atoms with van der Waals surface area (Å²) >= 11 is 0. The van der Waals surface area contributed by atoms with Crippen molar-refractivity contribution in [2.24, 2.45) is 5.92 Å². The van der Waals surface area contributed by atoms with E-state index in [1.54, 1.807) is 0 Å². The summed E-state index contributed by atoms with van der Waals surface area (Å²) in [5, 5.41) is 10.0. The average Bonchev–Trinajstić information content (AvgIpc) is 2.35. The molecule has 0 bridgehead atoms. The molecule has 0 aromatic heterocycles. The second-order valence-corrected chi connectivity index (χ2v) is 4.86. The van der Waals surface area contributed by atoms with E-state index in [2.05, 4.69) is 6.07 Å². The van der Waals surface area contributed by atoms with E-state index in [0.717, 1.165) is 25.0 Å². The van der Waals surface area contributed by atoms with Gasteiger partial charge in [0.15, 0.2) is 0 Å². The molecule has 2 nitrogen and oxygen atoms in total. The lowest BCUT2D eigenvalue weighted by atomic mass is 9.82. The van der Waals surface area contributed by atoms with Crippen molar-refractivity contribution >= 4 is 0 Å². The lowest BCUT2D eigenvalue weighted by molar-refractivity contribution is 0.0696. The van der Waals surface area contributed by atoms with Crippen molar-refractivity contribution in [3.63, 3.8) is 0 Å². The Morgan fingerprint density at radius 3 is 2.76 bits per heavy atom. The molecule has 2 unspecified atom stereocenters. The topological polar surface area (TPSA) is 29.5 Å². The van der Waals surface area contributed by atoms with Crippen LogP contribution in [0.1, 0.15) is 38.2 Å². The van der Waals surface area contributed by atoms with E-state index < -0.39 is 0 Å². The first kappa shape index (κ1) is 12.4. The van der Waals surface area contributed by atoms with Crippen molar-refractivity contribution < 1.29 is 9.84 Å². The summed E-state index contributed by atoms with van der Waals surface area (Å²) in [4.78, 5) is 0. The van der Waals surface area contributed by atoms with Gasteiger partial charge in [-0.3, -0.25) is 0 Å². The molecule has 1 aliphatic carbocycles. The maximum Gasteiger partial charge on any atom is 0.122 e. The third kappa shape index (κ3) is 3.22. The lowest BCUT2D eigenvalue weighted by Crippen LogP contribution is -2.26. The number of benzene rings is 1. The molecule has 17 heavy (non-hydrogen) atoms. The van der Waals surface area contributed by atoms with Crippen LogP contribution in [0.25, 0.3) is 0 Å². The molecule has 0 aliphatic heterocycles. The Hall–Kier alpha value is -1.02. The molecule has 1 fully saturated rings. The van der Waals surface area contributed by atoms with E-state index in [9.17, 15) is 5.11 Å². The molecular weight excluding hydrogens is 212 g/mol. The minimum Gasteiger partial charge on any atom is -0.494 e. The van der Waals surface area contributed by atoms with Crippen molar-refractivity contribution in [1.29, 1.82) is 0 Å². The molecule has 2 rings (SSSR count). The SMILES string of the molecule is CCOc1ccccc1CC1CCCCC1O. The Labute approximate surface area is 104 Å². The number of para-hydroxylation sites is 1. The molecular formula is C15H22O2. The van der Waals surface area contributed by atoms with Crippen LogP contribution in [0, 0.1) is 5.92 Å². The summed E-state index contributed by atoms with van der Waals surface area (Å²) in [7, 11) is 0. The summed E-state index contributed by atoms with van der Waals surface area (Å²) in [5.41, 5.74) is 1.24. The molecule has 1 aromatic rings. The largest absolute Gasteiger partial charge is 0.494 e. The molecule has 1 N–H and O–H groups in total. The van der Waals surface area contributed by atoms with Gasteiger partial charge >= 0.3 is 0 Å². The highest BCUT2D eigenvalue weighted by Crippen LogP contribution is 2.30. The zero-order valence-electron chi connectivity index (χ0n) is 10.6. The lowest BCUT2D eigenvalue weighted by Gasteiger charge is -2.28. The second-order valence-electron chi connectivity index (χ2n) is 4.86. The smallest absolute Gasteiger partial charge is 0.122 e.